The number of aryl methyl sites for hydroxylation is 1. The number of carbonyl (C=O) groups is 2. The van der Waals surface area contributed by atoms with E-state index in [1.165, 1.54) is 16.2 Å². The summed E-state index contributed by atoms with van der Waals surface area (Å²) in [5.41, 5.74) is -3.11. The monoisotopic (exact) mass is 584 g/mol. The molecule has 1 heterocycles. The maximum atomic E-state index is 13.6. The summed E-state index contributed by atoms with van der Waals surface area (Å²) in [7, 11) is 0. The van der Waals surface area contributed by atoms with E-state index in [1.807, 2.05) is 56.3 Å². The van der Waals surface area contributed by atoms with Gasteiger partial charge >= 0.3 is 12.4 Å². The Hall–Kier alpha value is -3.34. The number of benzene rings is 2. The lowest BCUT2D eigenvalue weighted by Gasteiger charge is -2.29. The van der Waals surface area contributed by atoms with Gasteiger partial charge in [0.05, 0.1) is 17.7 Å². The minimum absolute atomic E-state index is 0.0179. The van der Waals surface area contributed by atoms with Gasteiger partial charge in [0.1, 0.15) is 6.54 Å². The quantitative estimate of drug-likeness (QED) is 0.228. The van der Waals surface area contributed by atoms with Gasteiger partial charge in [-0.05, 0) is 48.7 Å². The summed E-state index contributed by atoms with van der Waals surface area (Å²) in [5, 5.41) is 0. The molecular formula is C29H30F6N2O2S. The second-order valence-electron chi connectivity index (χ2n) is 9.74. The van der Waals surface area contributed by atoms with Crippen LogP contribution in [0.15, 0.2) is 60.7 Å². The van der Waals surface area contributed by atoms with Crippen LogP contribution in [0.5, 0.6) is 0 Å². The van der Waals surface area contributed by atoms with Gasteiger partial charge in [-0.2, -0.15) is 26.3 Å². The summed E-state index contributed by atoms with van der Waals surface area (Å²) in [6.07, 6.45) is -9.62. The fourth-order valence-corrected chi connectivity index (χ4v) is 4.95. The van der Waals surface area contributed by atoms with Crippen LogP contribution in [0.2, 0.25) is 0 Å². The lowest BCUT2D eigenvalue weighted by Crippen LogP contribution is -2.44. The first kappa shape index (κ1) is 31.2. The van der Waals surface area contributed by atoms with Gasteiger partial charge in [-0.1, -0.05) is 50.6 Å². The second-order valence-corrected chi connectivity index (χ2v) is 11.1. The molecule has 2 amide bonds. The van der Waals surface area contributed by atoms with Crippen molar-refractivity contribution in [3.8, 4) is 0 Å². The molecule has 216 valence electrons. The van der Waals surface area contributed by atoms with Gasteiger partial charge in [0, 0.05) is 28.4 Å². The van der Waals surface area contributed by atoms with E-state index in [-0.39, 0.29) is 31.6 Å². The molecule has 0 N–H and O–H groups in total. The molecule has 0 spiro atoms. The third-order valence-electron chi connectivity index (χ3n) is 6.39. The van der Waals surface area contributed by atoms with Crippen molar-refractivity contribution in [3.05, 3.63) is 92.7 Å². The zero-order valence-corrected chi connectivity index (χ0v) is 23.1. The molecule has 3 rings (SSSR count). The number of rotatable bonds is 10. The van der Waals surface area contributed by atoms with E-state index in [0.717, 1.165) is 20.2 Å². The van der Waals surface area contributed by atoms with Gasteiger partial charge in [-0.15, -0.1) is 11.3 Å². The Balaban J connectivity index is 1.97. The van der Waals surface area contributed by atoms with Crippen LogP contribution in [0.1, 0.15) is 57.1 Å². The topological polar surface area (TPSA) is 40.6 Å². The normalized spacial score (nSPS) is 12.7. The van der Waals surface area contributed by atoms with Crippen molar-refractivity contribution in [2.75, 3.05) is 13.1 Å². The van der Waals surface area contributed by atoms with Crippen LogP contribution in [-0.2, 0) is 30.2 Å². The van der Waals surface area contributed by atoms with Crippen LogP contribution < -0.4 is 0 Å². The van der Waals surface area contributed by atoms with E-state index < -0.39 is 47.4 Å². The summed E-state index contributed by atoms with van der Waals surface area (Å²) in [4.78, 5) is 31.6. The molecule has 0 aliphatic rings. The van der Waals surface area contributed by atoms with Crippen LogP contribution >= 0.6 is 11.3 Å². The third-order valence-corrected chi connectivity index (χ3v) is 7.37. The standard InChI is InChI=1S/C29H30F6N2O2S/c1-4-19(2)15-37(27(39)22-12-23(28(30,31)32)14-24(13-22)29(33,34)35)18-26(38)36(16-21-8-6-5-7-9-21)17-25-11-10-20(3)40-25/h5-14,19H,4,15-18H2,1-3H3. The molecule has 40 heavy (non-hydrogen) atoms. The SMILES string of the molecule is CCC(C)CN(CC(=O)N(Cc1ccccc1)Cc1ccc(C)s1)C(=O)c1cc(C(F)(F)F)cc(C(F)(F)F)c1. The van der Waals surface area contributed by atoms with Crippen molar-refractivity contribution >= 4 is 23.2 Å². The van der Waals surface area contributed by atoms with E-state index in [4.69, 9.17) is 0 Å². The highest BCUT2D eigenvalue weighted by Gasteiger charge is 2.38. The molecule has 4 nitrogen and oxygen atoms in total. The first-order valence-corrected chi connectivity index (χ1v) is 13.4. The minimum Gasteiger partial charge on any atom is -0.332 e. The van der Waals surface area contributed by atoms with Gasteiger partial charge < -0.3 is 9.80 Å². The van der Waals surface area contributed by atoms with Crippen molar-refractivity contribution in [1.82, 2.24) is 9.80 Å². The van der Waals surface area contributed by atoms with E-state index in [1.54, 1.807) is 6.92 Å². The Labute approximate surface area is 233 Å². The van der Waals surface area contributed by atoms with Crippen molar-refractivity contribution in [3.63, 3.8) is 0 Å². The Morgan fingerprint density at radius 2 is 1.45 bits per heavy atom. The molecule has 0 aliphatic carbocycles. The summed E-state index contributed by atoms with van der Waals surface area (Å²) in [6, 6.07) is 13.7. The number of hydrogen-bond acceptors (Lipinski definition) is 3. The van der Waals surface area contributed by atoms with Crippen molar-refractivity contribution in [2.45, 2.75) is 52.6 Å². The summed E-state index contributed by atoms with van der Waals surface area (Å²) in [5.74, 6) is -1.71. The lowest BCUT2D eigenvalue weighted by atomic mass is 10.0. The smallest absolute Gasteiger partial charge is 0.332 e. The molecule has 3 aromatic rings. The predicted molar refractivity (Wildman–Crippen MR) is 142 cm³/mol. The van der Waals surface area contributed by atoms with Crippen LogP contribution in [0.4, 0.5) is 26.3 Å². The molecule has 0 saturated heterocycles. The molecule has 0 radical (unpaired) electrons. The summed E-state index contributed by atoms with van der Waals surface area (Å²) in [6.45, 7) is 5.47. The number of alkyl halides is 6. The predicted octanol–water partition coefficient (Wildman–Crippen LogP) is 7.81. The Morgan fingerprint density at radius 1 is 0.850 bits per heavy atom. The maximum Gasteiger partial charge on any atom is 0.416 e. The molecule has 0 fully saturated rings. The minimum atomic E-state index is -5.10. The Kier molecular flexibility index (Phi) is 10.0. The number of carbonyl (C=O) groups excluding carboxylic acids is 2. The van der Waals surface area contributed by atoms with Crippen LogP contribution in [0.3, 0.4) is 0 Å². The molecule has 0 saturated carbocycles. The van der Waals surface area contributed by atoms with E-state index >= 15 is 0 Å². The summed E-state index contributed by atoms with van der Waals surface area (Å²) < 4.78 is 80.7. The Morgan fingerprint density at radius 3 is 1.95 bits per heavy atom. The molecule has 0 aliphatic heterocycles. The zero-order valence-electron chi connectivity index (χ0n) is 22.3. The molecule has 1 atom stereocenters. The molecule has 0 bridgehead atoms. The van der Waals surface area contributed by atoms with Gasteiger partial charge in [0.2, 0.25) is 5.91 Å². The van der Waals surface area contributed by atoms with Crippen LogP contribution in [0.25, 0.3) is 0 Å². The highest BCUT2D eigenvalue weighted by Crippen LogP contribution is 2.36. The third kappa shape index (κ3) is 8.58. The van der Waals surface area contributed by atoms with Gasteiger partial charge in [0.15, 0.2) is 0 Å². The van der Waals surface area contributed by atoms with Gasteiger partial charge in [0.25, 0.3) is 5.91 Å². The Bertz CT molecular complexity index is 1270. The first-order valence-electron chi connectivity index (χ1n) is 12.6. The molecule has 1 unspecified atom stereocenters. The fraction of sp³-hybridized carbons (Fsp3) is 0.379. The largest absolute Gasteiger partial charge is 0.416 e. The number of thiophene rings is 1. The van der Waals surface area contributed by atoms with Gasteiger partial charge in [-0.25, -0.2) is 0 Å². The van der Waals surface area contributed by atoms with Crippen molar-refractivity contribution in [1.29, 1.82) is 0 Å². The van der Waals surface area contributed by atoms with Crippen LogP contribution in [0, 0.1) is 12.8 Å². The second kappa shape index (κ2) is 12.9. The zero-order chi connectivity index (χ0) is 29.7. The highest BCUT2D eigenvalue weighted by molar-refractivity contribution is 7.11. The number of amides is 2. The highest BCUT2D eigenvalue weighted by atomic mass is 32.1. The number of hydrogen-bond donors (Lipinski definition) is 0. The van der Waals surface area contributed by atoms with E-state index in [2.05, 4.69) is 0 Å². The van der Waals surface area contributed by atoms with E-state index in [0.29, 0.717) is 18.6 Å². The van der Waals surface area contributed by atoms with E-state index in [9.17, 15) is 35.9 Å². The van der Waals surface area contributed by atoms with Crippen molar-refractivity contribution in [2.24, 2.45) is 5.92 Å². The molecular weight excluding hydrogens is 554 g/mol. The summed E-state index contributed by atoms with van der Waals surface area (Å²) >= 11 is 1.50. The lowest BCUT2D eigenvalue weighted by molar-refractivity contribution is -0.143. The number of halogens is 6. The molecule has 1 aromatic heterocycles. The first-order chi connectivity index (χ1) is 18.7. The van der Waals surface area contributed by atoms with Gasteiger partial charge in [-0.3, -0.25) is 9.59 Å². The average molecular weight is 585 g/mol. The number of nitrogens with zero attached hydrogens (tertiary/aromatic N) is 2. The average Bonchev–Trinajstić information content (AvgIpc) is 3.31. The molecule has 2 aromatic carbocycles. The molecule has 11 heteroatoms. The maximum absolute atomic E-state index is 13.6. The van der Waals surface area contributed by atoms with Crippen LogP contribution in [-0.4, -0.2) is 34.7 Å². The van der Waals surface area contributed by atoms with Crippen molar-refractivity contribution < 1.29 is 35.9 Å². The fourth-order valence-electron chi connectivity index (χ4n) is 4.04.